The Kier molecular flexibility index (Phi) is 5.76. The minimum absolute atomic E-state index is 0.0746. The summed E-state index contributed by atoms with van der Waals surface area (Å²) in [5.74, 6) is 0.933. The van der Waals surface area contributed by atoms with Gasteiger partial charge < -0.3 is 16.0 Å². The normalized spacial score (nSPS) is 14.7. The van der Waals surface area contributed by atoms with Crippen molar-refractivity contribution >= 4 is 11.6 Å². The van der Waals surface area contributed by atoms with E-state index in [-0.39, 0.29) is 5.91 Å². The first-order valence-electron chi connectivity index (χ1n) is 7.91. The van der Waals surface area contributed by atoms with Crippen molar-refractivity contribution in [2.75, 3.05) is 18.4 Å². The zero-order valence-corrected chi connectivity index (χ0v) is 13.1. The van der Waals surface area contributed by atoms with Gasteiger partial charge in [0, 0.05) is 37.8 Å². The van der Waals surface area contributed by atoms with Gasteiger partial charge in [0.1, 0.15) is 0 Å². The highest BCUT2D eigenvalue weighted by molar-refractivity contribution is 5.90. The number of amides is 1. The molecule has 0 bridgehead atoms. The molecule has 21 heavy (non-hydrogen) atoms. The lowest BCUT2D eigenvalue weighted by Gasteiger charge is -2.26. The summed E-state index contributed by atoms with van der Waals surface area (Å²) < 4.78 is 0. The van der Waals surface area contributed by atoms with Crippen molar-refractivity contribution in [3.05, 3.63) is 29.8 Å². The fraction of sp³-hybridized carbons (Fsp3) is 0.588. The Hall–Kier alpha value is -1.39. The number of nitrogens with zero attached hydrogens (tertiary/aromatic N) is 1. The molecule has 1 saturated carbocycles. The molecule has 4 nitrogen and oxygen atoms in total. The van der Waals surface area contributed by atoms with Crippen molar-refractivity contribution in [1.29, 1.82) is 0 Å². The maximum absolute atomic E-state index is 12.1. The molecule has 0 radical (unpaired) electrons. The summed E-state index contributed by atoms with van der Waals surface area (Å²) in [6.07, 6.45) is 3.24. The van der Waals surface area contributed by atoms with Gasteiger partial charge >= 0.3 is 0 Å². The standard InChI is InChI=1S/C17H27N3O/c1-13(2)20(12-14-6-7-14)9-8-17(21)19-16-5-3-4-15(10-16)11-18/h3-5,10,13-14H,6-9,11-12,18H2,1-2H3,(H,19,21). The quantitative estimate of drug-likeness (QED) is 0.773. The molecule has 0 heterocycles. The highest BCUT2D eigenvalue weighted by Crippen LogP contribution is 2.30. The number of hydrogen-bond acceptors (Lipinski definition) is 3. The van der Waals surface area contributed by atoms with Crippen LogP contribution in [-0.4, -0.2) is 29.9 Å². The van der Waals surface area contributed by atoms with Gasteiger partial charge in [0.2, 0.25) is 5.91 Å². The second kappa shape index (κ2) is 7.57. The van der Waals surface area contributed by atoms with E-state index in [9.17, 15) is 4.79 Å². The molecule has 0 spiro atoms. The Morgan fingerprint density at radius 2 is 2.19 bits per heavy atom. The van der Waals surface area contributed by atoms with Crippen molar-refractivity contribution in [1.82, 2.24) is 4.90 Å². The first kappa shape index (κ1) is 16.0. The number of hydrogen-bond donors (Lipinski definition) is 2. The van der Waals surface area contributed by atoms with Crippen LogP contribution in [0.5, 0.6) is 0 Å². The van der Waals surface area contributed by atoms with Crippen LogP contribution in [0.1, 0.15) is 38.7 Å². The zero-order valence-electron chi connectivity index (χ0n) is 13.1. The highest BCUT2D eigenvalue weighted by atomic mass is 16.1. The van der Waals surface area contributed by atoms with Crippen LogP contribution >= 0.6 is 0 Å². The van der Waals surface area contributed by atoms with Gasteiger partial charge in [-0.1, -0.05) is 12.1 Å². The number of carbonyl (C=O) groups is 1. The molecule has 1 aliphatic rings. The van der Waals surface area contributed by atoms with Crippen molar-refractivity contribution in [3.63, 3.8) is 0 Å². The molecule has 1 fully saturated rings. The molecule has 2 rings (SSSR count). The molecular weight excluding hydrogens is 262 g/mol. The van der Waals surface area contributed by atoms with Gasteiger partial charge in [-0.05, 0) is 50.3 Å². The van der Waals surface area contributed by atoms with Gasteiger partial charge in [-0.15, -0.1) is 0 Å². The molecule has 1 aliphatic carbocycles. The van der Waals surface area contributed by atoms with Gasteiger partial charge in [0.25, 0.3) is 0 Å². The van der Waals surface area contributed by atoms with Crippen molar-refractivity contribution in [2.45, 2.75) is 45.7 Å². The fourth-order valence-corrected chi connectivity index (χ4v) is 2.44. The second-order valence-electron chi connectivity index (χ2n) is 6.23. The van der Waals surface area contributed by atoms with Gasteiger partial charge in [-0.3, -0.25) is 4.79 Å². The molecule has 116 valence electrons. The number of nitrogens with one attached hydrogen (secondary N) is 1. The van der Waals surface area contributed by atoms with E-state index in [1.807, 2.05) is 24.3 Å². The third kappa shape index (κ3) is 5.48. The number of carbonyl (C=O) groups excluding carboxylic acids is 1. The van der Waals surface area contributed by atoms with Crippen molar-refractivity contribution in [2.24, 2.45) is 11.7 Å². The summed E-state index contributed by atoms with van der Waals surface area (Å²) >= 11 is 0. The largest absolute Gasteiger partial charge is 0.326 e. The summed E-state index contributed by atoms with van der Waals surface area (Å²) in [6.45, 7) is 6.85. The Morgan fingerprint density at radius 3 is 2.81 bits per heavy atom. The van der Waals surface area contributed by atoms with Crippen LogP contribution in [-0.2, 0) is 11.3 Å². The van der Waals surface area contributed by atoms with E-state index >= 15 is 0 Å². The van der Waals surface area contributed by atoms with Crippen LogP contribution in [0.3, 0.4) is 0 Å². The smallest absolute Gasteiger partial charge is 0.225 e. The molecule has 1 aromatic rings. The number of benzene rings is 1. The molecule has 1 amide bonds. The number of nitrogens with two attached hydrogens (primary N) is 1. The number of rotatable bonds is 8. The predicted molar refractivity (Wildman–Crippen MR) is 87.0 cm³/mol. The van der Waals surface area contributed by atoms with Crippen molar-refractivity contribution < 1.29 is 4.79 Å². The second-order valence-corrected chi connectivity index (χ2v) is 6.23. The lowest BCUT2D eigenvalue weighted by molar-refractivity contribution is -0.116. The van der Waals surface area contributed by atoms with E-state index in [0.29, 0.717) is 19.0 Å². The van der Waals surface area contributed by atoms with E-state index in [1.54, 1.807) is 0 Å². The van der Waals surface area contributed by atoms with Crippen LogP contribution in [0.4, 0.5) is 5.69 Å². The monoisotopic (exact) mass is 289 g/mol. The summed E-state index contributed by atoms with van der Waals surface area (Å²) in [6, 6.07) is 8.22. The van der Waals surface area contributed by atoms with Gasteiger partial charge in [0.05, 0.1) is 0 Å². The van der Waals surface area contributed by atoms with E-state index in [2.05, 4.69) is 24.1 Å². The Bertz CT molecular complexity index is 469. The van der Waals surface area contributed by atoms with E-state index in [1.165, 1.54) is 12.8 Å². The third-order valence-corrected chi connectivity index (χ3v) is 3.99. The maximum atomic E-state index is 12.1. The summed E-state index contributed by atoms with van der Waals surface area (Å²) in [4.78, 5) is 14.5. The molecule has 3 N–H and O–H groups in total. The van der Waals surface area contributed by atoms with E-state index in [4.69, 9.17) is 5.73 Å². The minimum atomic E-state index is 0.0746. The maximum Gasteiger partial charge on any atom is 0.225 e. The summed E-state index contributed by atoms with van der Waals surface area (Å²) in [5, 5.41) is 2.96. The molecule has 0 aliphatic heterocycles. The molecule has 0 aromatic heterocycles. The topological polar surface area (TPSA) is 58.4 Å². The Balaban J connectivity index is 1.79. The van der Waals surface area contributed by atoms with Gasteiger partial charge in [-0.2, -0.15) is 0 Å². The molecule has 0 unspecified atom stereocenters. The molecule has 1 aromatic carbocycles. The van der Waals surface area contributed by atoms with Gasteiger partial charge in [-0.25, -0.2) is 0 Å². The Morgan fingerprint density at radius 1 is 1.43 bits per heavy atom. The highest BCUT2D eigenvalue weighted by Gasteiger charge is 2.25. The van der Waals surface area contributed by atoms with Crippen LogP contribution in [0, 0.1) is 5.92 Å². The average molecular weight is 289 g/mol. The van der Waals surface area contributed by atoms with E-state index < -0.39 is 0 Å². The van der Waals surface area contributed by atoms with Crippen LogP contribution in [0.25, 0.3) is 0 Å². The SMILES string of the molecule is CC(C)N(CCC(=O)Nc1cccc(CN)c1)CC1CC1. The Labute approximate surface area is 127 Å². The first-order chi connectivity index (χ1) is 10.1. The third-order valence-electron chi connectivity index (χ3n) is 3.99. The molecular formula is C17H27N3O. The molecule has 0 saturated heterocycles. The molecule has 4 heteroatoms. The lowest BCUT2D eigenvalue weighted by atomic mass is 10.2. The summed E-state index contributed by atoms with van der Waals surface area (Å²) in [5.41, 5.74) is 7.48. The lowest BCUT2D eigenvalue weighted by Crippen LogP contribution is -2.35. The van der Waals surface area contributed by atoms with Crippen LogP contribution in [0.2, 0.25) is 0 Å². The first-order valence-corrected chi connectivity index (χ1v) is 7.91. The van der Waals surface area contributed by atoms with Crippen LogP contribution in [0.15, 0.2) is 24.3 Å². The zero-order chi connectivity index (χ0) is 15.2. The van der Waals surface area contributed by atoms with Crippen LogP contribution < -0.4 is 11.1 Å². The molecule has 0 atom stereocenters. The predicted octanol–water partition coefficient (Wildman–Crippen LogP) is 2.59. The average Bonchev–Trinajstić information content (AvgIpc) is 3.27. The summed E-state index contributed by atoms with van der Waals surface area (Å²) in [7, 11) is 0. The number of anilines is 1. The van der Waals surface area contributed by atoms with Gasteiger partial charge in [0.15, 0.2) is 0 Å². The minimum Gasteiger partial charge on any atom is -0.326 e. The van der Waals surface area contributed by atoms with Crippen molar-refractivity contribution in [3.8, 4) is 0 Å². The van der Waals surface area contributed by atoms with E-state index in [0.717, 1.165) is 30.3 Å². The fourth-order valence-electron chi connectivity index (χ4n) is 2.44.